The molecule has 0 spiro atoms. The van der Waals surface area contributed by atoms with Gasteiger partial charge in [-0.2, -0.15) is 5.17 Å². The summed E-state index contributed by atoms with van der Waals surface area (Å²) in [7, 11) is 0. The minimum atomic E-state index is -0.680. The van der Waals surface area contributed by atoms with E-state index in [4.69, 9.17) is 10.3 Å². The number of hydrogen-bond acceptors (Lipinski definition) is 5. The Labute approximate surface area is 50.3 Å². The third-order valence-electron chi connectivity index (χ3n) is 0.761. The zero-order chi connectivity index (χ0) is 6.85. The van der Waals surface area contributed by atoms with Crippen molar-refractivity contribution < 1.29 is 15.1 Å². The van der Waals surface area contributed by atoms with E-state index < -0.39 is 11.7 Å². The van der Waals surface area contributed by atoms with Gasteiger partial charge in [0.2, 0.25) is 5.76 Å². The number of rotatable bonds is 0. The molecule has 0 aromatic heterocycles. The molecule has 9 heavy (non-hydrogen) atoms. The van der Waals surface area contributed by atoms with Gasteiger partial charge in [-0.25, -0.2) is 0 Å². The molecule has 0 atom stereocenters. The van der Waals surface area contributed by atoms with Crippen LogP contribution in [-0.4, -0.2) is 21.4 Å². The van der Waals surface area contributed by atoms with Gasteiger partial charge in [0, 0.05) is 0 Å². The fraction of sp³-hybridized carbons (Fsp3) is 0. The summed E-state index contributed by atoms with van der Waals surface area (Å²) in [6.45, 7) is 0. The lowest BCUT2D eigenvalue weighted by Gasteiger charge is -2.18. The molecule has 1 heterocycles. The van der Waals surface area contributed by atoms with E-state index >= 15 is 0 Å². The van der Waals surface area contributed by atoms with Crippen LogP contribution < -0.4 is 11.0 Å². The Morgan fingerprint density at radius 3 is 2.78 bits per heavy atom. The van der Waals surface area contributed by atoms with E-state index in [1.54, 1.807) is 0 Å². The Morgan fingerprint density at radius 2 is 2.33 bits per heavy atom. The van der Waals surface area contributed by atoms with Crippen LogP contribution in [0.25, 0.3) is 0 Å². The number of nitrogens with one attached hydrogen (secondary N) is 2. The van der Waals surface area contributed by atoms with E-state index in [0.29, 0.717) is 5.17 Å². The first-order valence-corrected chi connectivity index (χ1v) is 2.15. The number of hydrogen-bond donors (Lipinski definition) is 4. The Hall–Kier alpha value is -1.27. The predicted octanol–water partition coefficient (Wildman–Crippen LogP) is -1.37. The molecule has 50 valence electrons. The highest BCUT2D eigenvalue weighted by atomic mass is 16.5. The van der Waals surface area contributed by atoms with Gasteiger partial charge in [0.1, 0.15) is 0 Å². The summed E-state index contributed by atoms with van der Waals surface area (Å²) in [5, 5.41) is 17.5. The average Bonchev–Trinajstić information content (AvgIpc) is 1.80. The van der Waals surface area contributed by atoms with E-state index in [0.717, 1.165) is 6.20 Å². The van der Waals surface area contributed by atoms with Gasteiger partial charge in [-0.15, -0.1) is 5.53 Å². The molecule has 0 unspecified atom stereocenters. The van der Waals surface area contributed by atoms with Crippen molar-refractivity contribution in [2.24, 2.45) is 0 Å². The Morgan fingerprint density at radius 1 is 1.67 bits per heavy atom. The first-order chi connectivity index (χ1) is 4.20. The van der Waals surface area contributed by atoms with E-state index in [1.165, 1.54) is 0 Å². The number of hydroxylamine groups is 1. The molecule has 6 heteroatoms. The molecule has 0 saturated carbocycles. The molecule has 0 radical (unpaired) electrons. The third kappa shape index (κ3) is 1.09. The normalized spacial score (nSPS) is 19.0. The van der Waals surface area contributed by atoms with Crippen LogP contribution >= 0.6 is 0 Å². The zero-order valence-electron chi connectivity index (χ0n) is 4.33. The number of hydrazine groups is 2. The second-order valence-corrected chi connectivity index (χ2v) is 1.42. The number of amides is 1. The maximum atomic E-state index is 10.3. The molecule has 0 fully saturated rings. The van der Waals surface area contributed by atoms with Crippen LogP contribution in [0.1, 0.15) is 0 Å². The standard InChI is InChI=1S/C3H5N3O3/c7-2-1-6(9)5-4-3(2)8/h1,5,7,9H,(H,4,8). The van der Waals surface area contributed by atoms with Gasteiger partial charge in [0.25, 0.3) is 0 Å². The minimum Gasteiger partial charge on any atom is -0.502 e. The Balaban J connectivity index is 2.72. The van der Waals surface area contributed by atoms with E-state index in [2.05, 4.69) is 0 Å². The van der Waals surface area contributed by atoms with Crippen molar-refractivity contribution in [2.75, 3.05) is 0 Å². The molecule has 0 aromatic rings. The minimum absolute atomic E-state index is 0.427. The summed E-state index contributed by atoms with van der Waals surface area (Å²) in [5.74, 6) is -1.23. The molecule has 0 saturated heterocycles. The smallest absolute Gasteiger partial charge is 0.303 e. The first-order valence-electron chi connectivity index (χ1n) is 2.15. The van der Waals surface area contributed by atoms with Crippen LogP contribution in [0.4, 0.5) is 0 Å². The average molecular weight is 131 g/mol. The number of aliphatic hydroxyl groups is 1. The van der Waals surface area contributed by atoms with Gasteiger partial charge in [-0.1, -0.05) is 0 Å². The maximum absolute atomic E-state index is 10.3. The zero-order valence-corrected chi connectivity index (χ0v) is 4.33. The van der Waals surface area contributed by atoms with E-state index in [1.807, 2.05) is 11.0 Å². The van der Waals surface area contributed by atoms with Gasteiger partial charge in [-0.3, -0.25) is 15.4 Å². The van der Waals surface area contributed by atoms with Gasteiger partial charge in [0.05, 0.1) is 6.20 Å². The van der Waals surface area contributed by atoms with Crippen molar-refractivity contribution in [3.8, 4) is 0 Å². The van der Waals surface area contributed by atoms with Crippen LogP contribution in [0.15, 0.2) is 12.0 Å². The third-order valence-corrected chi connectivity index (χ3v) is 0.761. The molecular formula is C3H5N3O3. The van der Waals surface area contributed by atoms with Gasteiger partial charge >= 0.3 is 5.91 Å². The molecule has 1 rings (SSSR count). The SMILES string of the molecule is O=C1NNN(O)C=C1O. The number of nitrogens with zero attached hydrogens (tertiary/aromatic N) is 1. The second-order valence-electron chi connectivity index (χ2n) is 1.42. The molecule has 0 aliphatic carbocycles. The molecular weight excluding hydrogens is 126 g/mol. The number of carbonyl (C=O) groups excluding carboxylic acids is 1. The summed E-state index contributed by atoms with van der Waals surface area (Å²) >= 11 is 0. The predicted molar refractivity (Wildman–Crippen MR) is 25.6 cm³/mol. The van der Waals surface area contributed by atoms with Crippen LogP contribution in [0.2, 0.25) is 0 Å². The van der Waals surface area contributed by atoms with Crippen molar-refractivity contribution in [2.45, 2.75) is 0 Å². The van der Waals surface area contributed by atoms with Crippen molar-refractivity contribution >= 4 is 5.91 Å². The van der Waals surface area contributed by atoms with Crippen LogP contribution in [0.5, 0.6) is 0 Å². The van der Waals surface area contributed by atoms with Crippen LogP contribution in [0, 0.1) is 0 Å². The van der Waals surface area contributed by atoms with Crippen molar-refractivity contribution in [3.63, 3.8) is 0 Å². The Bertz CT molecular complexity index is 166. The molecule has 1 aliphatic heterocycles. The highest BCUT2D eigenvalue weighted by molar-refractivity contribution is 5.90. The number of aliphatic hydroxyl groups excluding tert-OH is 1. The maximum Gasteiger partial charge on any atom is 0.303 e. The van der Waals surface area contributed by atoms with E-state index in [9.17, 15) is 4.79 Å². The highest BCUT2D eigenvalue weighted by Crippen LogP contribution is 1.92. The summed E-state index contributed by atoms with van der Waals surface area (Å²) < 4.78 is 0. The molecule has 1 aliphatic rings. The quantitative estimate of drug-likeness (QED) is 0.326. The summed E-state index contributed by atoms with van der Waals surface area (Å²) in [6, 6.07) is 0. The lowest BCUT2D eigenvalue weighted by atomic mass is 10.5. The molecule has 0 bridgehead atoms. The second kappa shape index (κ2) is 1.92. The lowest BCUT2D eigenvalue weighted by Crippen LogP contribution is -2.50. The summed E-state index contributed by atoms with van der Waals surface area (Å²) in [4.78, 5) is 10.3. The topological polar surface area (TPSA) is 84.8 Å². The number of carbonyl (C=O) groups is 1. The first kappa shape index (κ1) is 5.86. The lowest BCUT2D eigenvalue weighted by molar-refractivity contribution is -0.143. The summed E-state index contributed by atoms with van der Waals surface area (Å²) in [5.41, 5.74) is 3.97. The van der Waals surface area contributed by atoms with Gasteiger partial charge < -0.3 is 5.11 Å². The fourth-order valence-electron chi connectivity index (χ4n) is 0.379. The fourth-order valence-corrected chi connectivity index (χ4v) is 0.379. The van der Waals surface area contributed by atoms with Gasteiger partial charge in [0.15, 0.2) is 0 Å². The van der Waals surface area contributed by atoms with Crippen molar-refractivity contribution in [3.05, 3.63) is 12.0 Å². The molecule has 4 N–H and O–H groups in total. The molecule has 0 aromatic carbocycles. The van der Waals surface area contributed by atoms with Crippen molar-refractivity contribution in [1.29, 1.82) is 0 Å². The Kier molecular flexibility index (Phi) is 1.25. The highest BCUT2D eigenvalue weighted by Gasteiger charge is 2.13. The largest absolute Gasteiger partial charge is 0.502 e. The van der Waals surface area contributed by atoms with Gasteiger partial charge in [-0.05, 0) is 0 Å². The van der Waals surface area contributed by atoms with E-state index in [-0.39, 0.29) is 0 Å². The van der Waals surface area contributed by atoms with Crippen LogP contribution in [0.3, 0.4) is 0 Å². The van der Waals surface area contributed by atoms with Crippen molar-refractivity contribution in [1.82, 2.24) is 16.1 Å². The monoisotopic (exact) mass is 131 g/mol. The molecule has 1 amide bonds. The molecule has 6 nitrogen and oxygen atoms in total. The van der Waals surface area contributed by atoms with Crippen LogP contribution in [-0.2, 0) is 4.79 Å². The summed E-state index contributed by atoms with van der Waals surface area (Å²) in [6.07, 6.45) is 0.832.